The SMILES string of the molecule is CC1c2ccc3c(c2CCN1C(=O)c1cc2ncc(Br)cn2n1)C(=O)N(C)C3. The van der Waals surface area contributed by atoms with Crippen LogP contribution in [0.4, 0.5) is 0 Å². The van der Waals surface area contributed by atoms with E-state index in [2.05, 4.69) is 32.1 Å². The molecule has 0 bridgehead atoms. The molecule has 0 N–H and O–H groups in total. The van der Waals surface area contributed by atoms with Gasteiger partial charge in [-0.1, -0.05) is 12.1 Å². The van der Waals surface area contributed by atoms with E-state index >= 15 is 0 Å². The van der Waals surface area contributed by atoms with Crippen molar-refractivity contribution in [1.82, 2.24) is 24.4 Å². The van der Waals surface area contributed by atoms with Gasteiger partial charge in [0.1, 0.15) is 0 Å². The maximum atomic E-state index is 13.2. The number of nitrogens with zero attached hydrogens (tertiary/aromatic N) is 5. The smallest absolute Gasteiger partial charge is 0.274 e. The van der Waals surface area contributed by atoms with Crippen molar-refractivity contribution >= 4 is 33.4 Å². The van der Waals surface area contributed by atoms with Gasteiger partial charge in [-0.2, -0.15) is 5.10 Å². The van der Waals surface area contributed by atoms with E-state index in [1.807, 2.05) is 24.9 Å². The quantitative estimate of drug-likeness (QED) is 0.584. The van der Waals surface area contributed by atoms with E-state index in [-0.39, 0.29) is 17.9 Å². The molecule has 0 spiro atoms. The number of amides is 2. The molecule has 4 heterocycles. The predicted molar refractivity (Wildman–Crippen MR) is 106 cm³/mol. The second-order valence-corrected chi connectivity index (χ2v) is 8.27. The van der Waals surface area contributed by atoms with Crippen LogP contribution in [0.25, 0.3) is 5.65 Å². The van der Waals surface area contributed by atoms with Gasteiger partial charge in [-0.05, 0) is 46.0 Å². The lowest BCUT2D eigenvalue weighted by Crippen LogP contribution is -2.39. The van der Waals surface area contributed by atoms with E-state index < -0.39 is 0 Å². The van der Waals surface area contributed by atoms with Crippen LogP contribution in [0, 0.1) is 0 Å². The van der Waals surface area contributed by atoms with E-state index in [1.54, 1.807) is 27.9 Å². The average Bonchev–Trinajstić information content (AvgIpc) is 3.22. The number of benzene rings is 1. The van der Waals surface area contributed by atoms with Gasteiger partial charge < -0.3 is 9.80 Å². The molecule has 5 rings (SSSR count). The fourth-order valence-corrected chi connectivity index (χ4v) is 4.56. The number of carbonyl (C=O) groups excluding carboxylic acids is 2. The molecule has 0 aliphatic carbocycles. The van der Waals surface area contributed by atoms with Crippen LogP contribution in [0.5, 0.6) is 0 Å². The molecule has 0 saturated carbocycles. The summed E-state index contributed by atoms with van der Waals surface area (Å²) >= 11 is 3.37. The molecular formula is C20H18BrN5O2. The third-order valence-corrected chi connectivity index (χ3v) is 6.10. The van der Waals surface area contributed by atoms with Crippen molar-refractivity contribution in [3.63, 3.8) is 0 Å². The van der Waals surface area contributed by atoms with E-state index in [1.165, 1.54) is 0 Å². The molecule has 28 heavy (non-hydrogen) atoms. The highest BCUT2D eigenvalue weighted by atomic mass is 79.9. The van der Waals surface area contributed by atoms with Crippen LogP contribution in [-0.2, 0) is 13.0 Å². The molecule has 2 amide bonds. The minimum atomic E-state index is -0.122. The highest BCUT2D eigenvalue weighted by molar-refractivity contribution is 9.10. The summed E-state index contributed by atoms with van der Waals surface area (Å²) < 4.78 is 2.40. The number of hydrogen-bond acceptors (Lipinski definition) is 4. The fourth-order valence-electron chi connectivity index (χ4n) is 4.27. The molecule has 2 aliphatic heterocycles. The minimum absolute atomic E-state index is 0.0795. The summed E-state index contributed by atoms with van der Waals surface area (Å²) in [5.41, 5.74) is 5.05. The standard InChI is InChI=1S/C20H18BrN5O2/c1-11-14-4-3-12-9-24(2)20(28)18(12)15(14)5-6-25(11)19(27)16-7-17-22-8-13(21)10-26(17)23-16/h3-4,7-8,10-11H,5-6,9H2,1-2H3. The lowest BCUT2D eigenvalue weighted by Gasteiger charge is -2.35. The molecule has 1 unspecified atom stereocenters. The Morgan fingerprint density at radius 3 is 2.96 bits per heavy atom. The molecule has 0 fully saturated rings. The van der Waals surface area contributed by atoms with E-state index in [4.69, 9.17) is 0 Å². The molecule has 0 radical (unpaired) electrons. The summed E-state index contributed by atoms with van der Waals surface area (Å²) in [7, 11) is 1.83. The molecule has 3 aromatic rings. The zero-order valence-corrected chi connectivity index (χ0v) is 17.1. The van der Waals surface area contributed by atoms with Gasteiger partial charge in [0.05, 0.1) is 10.5 Å². The highest BCUT2D eigenvalue weighted by Crippen LogP contribution is 2.36. The summed E-state index contributed by atoms with van der Waals surface area (Å²) in [4.78, 5) is 33.6. The molecule has 1 atom stereocenters. The van der Waals surface area contributed by atoms with Crippen LogP contribution in [-0.4, -0.2) is 49.8 Å². The van der Waals surface area contributed by atoms with Gasteiger partial charge in [-0.25, -0.2) is 9.50 Å². The Bertz CT molecular complexity index is 1150. The van der Waals surface area contributed by atoms with Crippen molar-refractivity contribution in [1.29, 1.82) is 0 Å². The van der Waals surface area contributed by atoms with Gasteiger partial charge in [0.15, 0.2) is 11.3 Å². The summed E-state index contributed by atoms with van der Waals surface area (Å²) in [6, 6.07) is 5.67. The van der Waals surface area contributed by atoms with Crippen LogP contribution in [0.15, 0.2) is 35.1 Å². The summed E-state index contributed by atoms with van der Waals surface area (Å²) in [6.07, 6.45) is 4.13. The predicted octanol–water partition coefficient (Wildman–Crippen LogP) is 2.84. The van der Waals surface area contributed by atoms with Crippen molar-refractivity contribution in [3.05, 3.63) is 63.0 Å². The lowest BCUT2D eigenvalue weighted by atomic mass is 9.87. The Kier molecular flexibility index (Phi) is 3.80. The van der Waals surface area contributed by atoms with Crippen LogP contribution >= 0.6 is 15.9 Å². The average molecular weight is 440 g/mol. The summed E-state index contributed by atoms with van der Waals surface area (Å²) in [6.45, 7) is 3.23. The first-order chi connectivity index (χ1) is 13.4. The number of hydrogen-bond donors (Lipinski definition) is 0. The van der Waals surface area contributed by atoms with Gasteiger partial charge in [-0.3, -0.25) is 9.59 Å². The van der Waals surface area contributed by atoms with Crippen molar-refractivity contribution in [2.75, 3.05) is 13.6 Å². The highest BCUT2D eigenvalue weighted by Gasteiger charge is 2.35. The monoisotopic (exact) mass is 439 g/mol. The summed E-state index contributed by atoms with van der Waals surface area (Å²) in [5.74, 6) is -0.0421. The largest absolute Gasteiger partial charge is 0.337 e. The Morgan fingerprint density at radius 1 is 1.32 bits per heavy atom. The molecule has 2 aromatic heterocycles. The Labute approximate surface area is 170 Å². The molecule has 7 nitrogen and oxygen atoms in total. The normalized spacial score (nSPS) is 18.5. The second-order valence-electron chi connectivity index (χ2n) is 7.36. The van der Waals surface area contributed by atoms with Gasteiger partial charge in [0, 0.05) is 44.2 Å². The fraction of sp³-hybridized carbons (Fsp3) is 0.300. The molecule has 8 heteroatoms. The maximum Gasteiger partial charge on any atom is 0.274 e. The summed E-state index contributed by atoms with van der Waals surface area (Å²) in [5, 5.41) is 4.39. The lowest BCUT2D eigenvalue weighted by molar-refractivity contribution is 0.0671. The number of rotatable bonds is 1. The van der Waals surface area contributed by atoms with Crippen LogP contribution in [0.2, 0.25) is 0 Å². The minimum Gasteiger partial charge on any atom is -0.337 e. The molecule has 0 saturated heterocycles. The van der Waals surface area contributed by atoms with Gasteiger partial charge >= 0.3 is 0 Å². The zero-order valence-electron chi connectivity index (χ0n) is 15.5. The van der Waals surface area contributed by atoms with Gasteiger partial charge in [0.25, 0.3) is 11.8 Å². The Balaban J connectivity index is 1.50. The first-order valence-corrected chi connectivity index (χ1v) is 9.95. The van der Waals surface area contributed by atoms with Gasteiger partial charge in [-0.15, -0.1) is 0 Å². The third kappa shape index (κ3) is 2.47. The second kappa shape index (κ2) is 6.13. The first-order valence-electron chi connectivity index (χ1n) is 9.16. The van der Waals surface area contributed by atoms with Crippen molar-refractivity contribution in [2.24, 2.45) is 0 Å². The van der Waals surface area contributed by atoms with Crippen LogP contribution in [0.3, 0.4) is 0 Å². The zero-order chi connectivity index (χ0) is 19.6. The topological polar surface area (TPSA) is 70.8 Å². The molecule has 1 aromatic carbocycles. The van der Waals surface area contributed by atoms with E-state index in [0.29, 0.717) is 30.9 Å². The number of carbonyl (C=O) groups is 2. The van der Waals surface area contributed by atoms with Crippen molar-refractivity contribution < 1.29 is 9.59 Å². The van der Waals surface area contributed by atoms with E-state index in [0.717, 1.165) is 26.7 Å². The maximum absolute atomic E-state index is 13.2. The Morgan fingerprint density at radius 2 is 2.14 bits per heavy atom. The molecular weight excluding hydrogens is 422 g/mol. The van der Waals surface area contributed by atoms with Crippen LogP contribution < -0.4 is 0 Å². The third-order valence-electron chi connectivity index (χ3n) is 5.69. The van der Waals surface area contributed by atoms with Crippen LogP contribution in [0.1, 0.15) is 50.5 Å². The molecule has 142 valence electrons. The molecule has 2 aliphatic rings. The number of fused-ring (bicyclic) bond motifs is 4. The first kappa shape index (κ1) is 17.4. The van der Waals surface area contributed by atoms with E-state index in [9.17, 15) is 9.59 Å². The number of aromatic nitrogens is 3. The number of halogens is 1. The van der Waals surface area contributed by atoms with Gasteiger partial charge in [0.2, 0.25) is 0 Å². The Hall–Kier alpha value is -2.74. The van der Waals surface area contributed by atoms with Crippen molar-refractivity contribution in [3.8, 4) is 0 Å². The van der Waals surface area contributed by atoms with Crippen molar-refractivity contribution in [2.45, 2.75) is 25.9 Å².